The van der Waals surface area contributed by atoms with E-state index in [1.165, 1.54) is 25.7 Å². The highest BCUT2D eigenvalue weighted by atomic mass is 35.5. The summed E-state index contributed by atoms with van der Waals surface area (Å²) in [5, 5.41) is 12.7. The van der Waals surface area contributed by atoms with Crippen LogP contribution in [-0.2, 0) is 6.54 Å². The molecule has 6 heteroatoms. The van der Waals surface area contributed by atoms with E-state index in [0.717, 1.165) is 23.9 Å². The van der Waals surface area contributed by atoms with Crippen molar-refractivity contribution in [1.82, 2.24) is 20.2 Å². The molecule has 0 saturated heterocycles. The third kappa shape index (κ3) is 3.02. The molecule has 1 heterocycles. The van der Waals surface area contributed by atoms with E-state index in [-0.39, 0.29) is 0 Å². The maximum Gasteiger partial charge on any atom is 0.182 e. The molecule has 112 valence electrons. The van der Waals surface area contributed by atoms with Crippen molar-refractivity contribution in [2.24, 2.45) is 11.8 Å². The Balaban J connectivity index is 1.84. The van der Waals surface area contributed by atoms with Gasteiger partial charge in [0, 0.05) is 12.1 Å². The lowest BCUT2D eigenvalue weighted by molar-refractivity contribution is 0.221. The quantitative estimate of drug-likeness (QED) is 0.882. The molecule has 2 unspecified atom stereocenters. The lowest BCUT2D eigenvalue weighted by Gasteiger charge is -2.28. The third-order valence-corrected chi connectivity index (χ3v) is 4.83. The van der Waals surface area contributed by atoms with Crippen molar-refractivity contribution in [3.05, 3.63) is 23.2 Å². The van der Waals surface area contributed by atoms with Gasteiger partial charge in [-0.05, 0) is 46.9 Å². The number of rotatable bonds is 3. The summed E-state index contributed by atoms with van der Waals surface area (Å²) in [5.74, 6) is 2.13. The molecule has 1 aromatic heterocycles. The van der Waals surface area contributed by atoms with Crippen molar-refractivity contribution in [3.63, 3.8) is 0 Å². The number of benzene rings is 1. The monoisotopic (exact) mass is 305 g/mol. The average Bonchev–Trinajstić information content (AvgIpc) is 2.93. The predicted molar refractivity (Wildman–Crippen MR) is 83.8 cm³/mol. The fourth-order valence-corrected chi connectivity index (χ4v) is 3.22. The Morgan fingerprint density at radius 1 is 1.33 bits per heavy atom. The maximum atomic E-state index is 5.97. The minimum atomic E-state index is 0.551. The molecule has 0 bridgehead atoms. The number of nitrogens with two attached hydrogens (primary N) is 1. The molecule has 0 aliphatic heterocycles. The van der Waals surface area contributed by atoms with Crippen molar-refractivity contribution < 1.29 is 0 Å². The van der Waals surface area contributed by atoms with Crippen LogP contribution < -0.4 is 5.73 Å². The molecule has 2 N–H and O–H groups in total. The van der Waals surface area contributed by atoms with E-state index in [4.69, 9.17) is 17.3 Å². The summed E-state index contributed by atoms with van der Waals surface area (Å²) in [6.07, 6.45) is 5.20. The summed E-state index contributed by atoms with van der Waals surface area (Å²) < 4.78 is 1.90. The second-order valence-corrected chi connectivity index (χ2v) is 6.35. The van der Waals surface area contributed by atoms with Gasteiger partial charge in [-0.15, -0.1) is 5.10 Å². The Morgan fingerprint density at radius 2 is 2.14 bits per heavy atom. The minimum Gasteiger partial charge on any atom is -0.398 e. The topological polar surface area (TPSA) is 69.6 Å². The molecule has 0 radical (unpaired) electrons. The first-order valence-electron chi connectivity index (χ1n) is 7.46. The van der Waals surface area contributed by atoms with Gasteiger partial charge in [-0.3, -0.25) is 0 Å². The van der Waals surface area contributed by atoms with Crippen LogP contribution in [0.3, 0.4) is 0 Å². The van der Waals surface area contributed by atoms with Crippen molar-refractivity contribution >= 4 is 17.3 Å². The minimum absolute atomic E-state index is 0.551. The number of nitrogen functional groups attached to an aromatic ring is 1. The molecule has 1 aromatic carbocycles. The van der Waals surface area contributed by atoms with E-state index < -0.39 is 0 Å². The van der Waals surface area contributed by atoms with Crippen LogP contribution in [0.2, 0.25) is 5.02 Å². The zero-order valence-corrected chi connectivity index (χ0v) is 12.9. The Kier molecular flexibility index (Phi) is 4.10. The second-order valence-electron chi connectivity index (χ2n) is 5.94. The summed E-state index contributed by atoms with van der Waals surface area (Å²) in [6.45, 7) is 3.19. The Labute approximate surface area is 129 Å². The molecule has 21 heavy (non-hydrogen) atoms. The number of hydrogen-bond donors (Lipinski definition) is 1. The third-order valence-electron chi connectivity index (χ3n) is 4.48. The molecule has 1 aliphatic carbocycles. The molecule has 0 spiro atoms. The SMILES string of the molecule is CC1CCCCC1Cn1nnnc1-c1ccc(Cl)c(N)c1. The second kappa shape index (κ2) is 6.02. The first-order chi connectivity index (χ1) is 10.1. The lowest BCUT2D eigenvalue weighted by Crippen LogP contribution is -2.23. The van der Waals surface area contributed by atoms with E-state index in [1.807, 2.05) is 16.8 Å². The maximum absolute atomic E-state index is 5.97. The number of nitrogens with zero attached hydrogens (tertiary/aromatic N) is 4. The normalized spacial score (nSPS) is 22.4. The molecular formula is C15H20ClN5. The van der Waals surface area contributed by atoms with Gasteiger partial charge in [0.05, 0.1) is 10.7 Å². The number of anilines is 1. The highest BCUT2D eigenvalue weighted by Crippen LogP contribution is 2.32. The molecule has 2 atom stereocenters. The Morgan fingerprint density at radius 3 is 2.90 bits per heavy atom. The van der Waals surface area contributed by atoms with Crippen molar-refractivity contribution in [2.45, 2.75) is 39.2 Å². The molecule has 2 aromatic rings. The largest absolute Gasteiger partial charge is 0.398 e. The van der Waals surface area contributed by atoms with Gasteiger partial charge in [-0.2, -0.15) is 0 Å². The van der Waals surface area contributed by atoms with Crippen LogP contribution in [0, 0.1) is 11.8 Å². The van der Waals surface area contributed by atoms with Crippen molar-refractivity contribution in [2.75, 3.05) is 5.73 Å². The number of halogens is 1. The fraction of sp³-hybridized carbons (Fsp3) is 0.533. The standard InChI is InChI=1S/C15H20ClN5/c1-10-4-2-3-5-12(10)9-21-15(18-19-20-21)11-6-7-13(16)14(17)8-11/h6-8,10,12H,2-5,9,17H2,1H3. The molecule has 1 fully saturated rings. The summed E-state index contributed by atoms with van der Waals surface area (Å²) in [6, 6.07) is 5.52. The summed E-state index contributed by atoms with van der Waals surface area (Å²) in [7, 11) is 0. The van der Waals surface area contributed by atoms with E-state index in [9.17, 15) is 0 Å². The van der Waals surface area contributed by atoms with Gasteiger partial charge in [0.25, 0.3) is 0 Å². The van der Waals surface area contributed by atoms with Crippen LogP contribution in [0.5, 0.6) is 0 Å². The average molecular weight is 306 g/mol. The van der Waals surface area contributed by atoms with E-state index in [0.29, 0.717) is 16.6 Å². The summed E-state index contributed by atoms with van der Waals surface area (Å²) in [5.41, 5.74) is 7.33. The molecule has 3 rings (SSSR count). The predicted octanol–water partition coefficient (Wildman–Crippen LogP) is 3.40. The molecule has 5 nitrogen and oxygen atoms in total. The zero-order chi connectivity index (χ0) is 14.8. The number of hydrogen-bond acceptors (Lipinski definition) is 4. The lowest BCUT2D eigenvalue weighted by atomic mass is 9.80. The van der Waals surface area contributed by atoms with Crippen LogP contribution in [0.4, 0.5) is 5.69 Å². The van der Waals surface area contributed by atoms with Crippen molar-refractivity contribution in [3.8, 4) is 11.4 Å². The molecule has 1 aliphatic rings. The van der Waals surface area contributed by atoms with Gasteiger partial charge in [0.2, 0.25) is 0 Å². The van der Waals surface area contributed by atoms with Crippen LogP contribution in [0.25, 0.3) is 11.4 Å². The van der Waals surface area contributed by atoms with Gasteiger partial charge in [-0.1, -0.05) is 37.8 Å². The van der Waals surface area contributed by atoms with Crippen molar-refractivity contribution in [1.29, 1.82) is 0 Å². The van der Waals surface area contributed by atoms with E-state index in [1.54, 1.807) is 6.07 Å². The van der Waals surface area contributed by atoms with Crippen LogP contribution >= 0.6 is 11.6 Å². The fourth-order valence-electron chi connectivity index (χ4n) is 3.10. The van der Waals surface area contributed by atoms with E-state index >= 15 is 0 Å². The Hall–Kier alpha value is -1.62. The summed E-state index contributed by atoms with van der Waals surface area (Å²) >= 11 is 5.97. The zero-order valence-electron chi connectivity index (χ0n) is 12.2. The van der Waals surface area contributed by atoms with Gasteiger partial charge >= 0.3 is 0 Å². The smallest absolute Gasteiger partial charge is 0.182 e. The first-order valence-corrected chi connectivity index (χ1v) is 7.84. The van der Waals surface area contributed by atoms with Crippen LogP contribution in [0.1, 0.15) is 32.6 Å². The Bertz CT molecular complexity index is 624. The van der Waals surface area contributed by atoms with Crippen LogP contribution in [-0.4, -0.2) is 20.2 Å². The summed E-state index contributed by atoms with van der Waals surface area (Å²) in [4.78, 5) is 0. The van der Waals surface area contributed by atoms with Gasteiger partial charge in [0.15, 0.2) is 5.82 Å². The van der Waals surface area contributed by atoms with Gasteiger partial charge in [0.1, 0.15) is 0 Å². The van der Waals surface area contributed by atoms with E-state index in [2.05, 4.69) is 22.4 Å². The number of aromatic nitrogens is 4. The molecule has 0 amide bonds. The van der Waals surface area contributed by atoms with Gasteiger partial charge in [-0.25, -0.2) is 4.68 Å². The first kappa shape index (κ1) is 14.3. The van der Waals surface area contributed by atoms with Crippen LogP contribution in [0.15, 0.2) is 18.2 Å². The molecular weight excluding hydrogens is 286 g/mol. The number of tetrazole rings is 1. The van der Waals surface area contributed by atoms with Gasteiger partial charge < -0.3 is 5.73 Å². The molecule has 1 saturated carbocycles. The highest BCUT2D eigenvalue weighted by molar-refractivity contribution is 6.33. The highest BCUT2D eigenvalue weighted by Gasteiger charge is 2.23.